The summed E-state index contributed by atoms with van der Waals surface area (Å²) < 4.78 is 7.07. The summed E-state index contributed by atoms with van der Waals surface area (Å²) in [5, 5.41) is 11.1. The third kappa shape index (κ3) is 3.08. The summed E-state index contributed by atoms with van der Waals surface area (Å²) in [6, 6.07) is 8.90. The van der Waals surface area contributed by atoms with E-state index in [1.807, 2.05) is 17.0 Å². The van der Waals surface area contributed by atoms with Gasteiger partial charge in [0.25, 0.3) is 0 Å². The van der Waals surface area contributed by atoms with Gasteiger partial charge in [-0.3, -0.25) is 19.7 Å². The van der Waals surface area contributed by atoms with Crippen molar-refractivity contribution < 1.29 is 14.5 Å². The van der Waals surface area contributed by atoms with Crippen LogP contribution in [0, 0.1) is 16.0 Å². The van der Waals surface area contributed by atoms with E-state index in [2.05, 4.69) is 6.07 Å². The number of aromatic nitrogens is 1. The lowest BCUT2D eigenvalue weighted by Crippen LogP contribution is -2.49. The Morgan fingerprint density at radius 2 is 2.07 bits per heavy atom. The first-order valence-electron chi connectivity index (χ1n) is 9.90. The monoisotopic (exact) mass is 395 g/mol. The Morgan fingerprint density at radius 1 is 1.21 bits per heavy atom. The molecule has 5 rings (SSSR count). The second-order valence-electron chi connectivity index (χ2n) is 8.13. The Hall–Kier alpha value is -3.16. The summed E-state index contributed by atoms with van der Waals surface area (Å²) in [4.78, 5) is 37.8. The molecule has 2 bridgehead atoms. The van der Waals surface area contributed by atoms with E-state index >= 15 is 0 Å². The molecule has 1 aromatic heterocycles. The summed E-state index contributed by atoms with van der Waals surface area (Å²) in [6.45, 7) is 2.24. The van der Waals surface area contributed by atoms with E-state index in [0.717, 1.165) is 35.4 Å². The van der Waals surface area contributed by atoms with Crippen molar-refractivity contribution in [1.82, 2.24) is 9.47 Å². The van der Waals surface area contributed by atoms with Gasteiger partial charge >= 0.3 is 11.2 Å². The minimum absolute atomic E-state index is 0.0355. The molecule has 1 aromatic carbocycles. The zero-order valence-corrected chi connectivity index (χ0v) is 15.9. The molecule has 0 unspecified atom stereocenters. The Balaban J connectivity index is 1.35. The molecule has 3 aliphatic heterocycles. The fourth-order valence-corrected chi connectivity index (χ4v) is 4.91. The van der Waals surface area contributed by atoms with Gasteiger partial charge in [-0.05, 0) is 35.6 Å². The molecule has 1 fully saturated rings. The average Bonchev–Trinajstić information content (AvgIpc) is 3.16. The van der Waals surface area contributed by atoms with E-state index in [-0.39, 0.29) is 23.4 Å². The molecule has 8 heteroatoms. The fourth-order valence-electron chi connectivity index (χ4n) is 4.91. The van der Waals surface area contributed by atoms with E-state index in [1.165, 1.54) is 6.07 Å². The van der Waals surface area contributed by atoms with Crippen LogP contribution in [0.25, 0.3) is 0 Å². The molecule has 0 aliphatic carbocycles. The van der Waals surface area contributed by atoms with E-state index in [4.69, 9.17) is 4.74 Å². The van der Waals surface area contributed by atoms with E-state index in [1.54, 1.807) is 10.6 Å². The highest BCUT2D eigenvalue weighted by Crippen LogP contribution is 2.36. The summed E-state index contributed by atoms with van der Waals surface area (Å²) >= 11 is 0. The third-order valence-electron chi connectivity index (χ3n) is 6.24. The molecule has 2 atom stereocenters. The van der Waals surface area contributed by atoms with Crippen LogP contribution in [0.15, 0.2) is 35.1 Å². The zero-order valence-electron chi connectivity index (χ0n) is 15.9. The number of rotatable bonds is 3. The van der Waals surface area contributed by atoms with Crippen LogP contribution in [-0.4, -0.2) is 40.0 Å². The number of pyridine rings is 1. The average molecular weight is 395 g/mol. The number of carbonyl (C=O) groups is 1. The number of piperidine rings is 1. The molecule has 0 spiro atoms. The number of benzene rings is 1. The van der Waals surface area contributed by atoms with Gasteiger partial charge in [0.2, 0.25) is 5.91 Å². The van der Waals surface area contributed by atoms with Crippen LogP contribution in [0.4, 0.5) is 5.69 Å². The molecular formula is C21H21N3O5. The zero-order chi connectivity index (χ0) is 20.1. The summed E-state index contributed by atoms with van der Waals surface area (Å²) in [7, 11) is 0. The van der Waals surface area contributed by atoms with Gasteiger partial charge in [0, 0.05) is 43.7 Å². The first-order chi connectivity index (χ1) is 14.0. The maximum atomic E-state index is 13.0. The van der Waals surface area contributed by atoms with Crippen molar-refractivity contribution in [3.8, 4) is 5.75 Å². The number of hydrogen-bond acceptors (Lipinski definition) is 5. The number of amides is 1. The second kappa shape index (κ2) is 6.72. The molecule has 1 amide bonds. The quantitative estimate of drug-likeness (QED) is 0.584. The highest BCUT2D eigenvalue weighted by molar-refractivity contribution is 5.79. The molecule has 29 heavy (non-hydrogen) atoms. The van der Waals surface area contributed by atoms with Crippen LogP contribution in [0.5, 0.6) is 5.75 Å². The summed E-state index contributed by atoms with van der Waals surface area (Å²) in [5.74, 6) is 1.16. The van der Waals surface area contributed by atoms with Crippen molar-refractivity contribution in [2.24, 2.45) is 5.92 Å². The number of hydrogen-bond donors (Lipinski definition) is 0. The lowest BCUT2D eigenvalue weighted by Gasteiger charge is -2.42. The standard InChI is InChI=1S/C21H21N3O5/c25-20(9-13-1-4-19-15(7-13)5-6-29-19)22-10-14-8-16(12-22)17-2-3-18(24(27)28)21(26)23(17)11-14/h1-4,7,14,16H,5-6,8-12H2/t14-,16+/m1/s1. The SMILES string of the molecule is O=C(Cc1ccc2c(c1)CCO2)N1C[C@H]2C[C@@H](C1)c1ccc([N+](=O)[O-])c(=O)n1C2. The topological polar surface area (TPSA) is 94.7 Å². The fraction of sp³-hybridized carbons (Fsp3) is 0.429. The number of nitrogens with zero attached hydrogens (tertiary/aromatic N) is 3. The van der Waals surface area contributed by atoms with Gasteiger partial charge in [0.05, 0.1) is 18.0 Å². The predicted octanol–water partition coefficient (Wildman–Crippen LogP) is 1.88. The molecule has 0 N–H and O–H groups in total. The van der Waals surface area contributed by atoms with Crippen molar-refractivity contribution in [1.29, 1.82) is 0 Å². The highest BCUT2D eigenvalue weighted by Gasteiger charge is 2.37. The summed E-state index contributed by atoms with van der Waals surface area (Å²) in [5.41, 5.74) is 2.01. The molecular weight excluding hydrogens is 374 g/mol. The van der Waals surface area contributed by atoms with Gasteiger partial charge in [-0.25, -0.2) is 0 Å². The Kier molecular flexibility index (Phi) is 4.15. The minimum atomic E-state index is -0.627. The molecule has 4 heterocycles. The van der Waals surface area contributed by atoms with Gasteiger partial charge in [0.1, 0.15) is 5.75 Å². The molecule has 0 saturated carbocycles. The number of fused-ring (bicyclic) bond motifs is 5. The Bertz CT molecular complexity index is 1080. The van der Waals surface area contributed by atoms with Crippen molar-refractivity contribution in [2.75, 3.05) is 19.7 Å². The predicted molar refractivity (Wildman–Crippen MR) is 104 cm³/mol. The van der Waals surface area contributed by atoms with Crippen LogP contribution >= 0.6 is 0 Å². The normalized spacial score (nSPS) is 21.9. The summed E-state index contributed by atoms with van der Waals surface area (Å²) in [6.07, 6.45) is 2.12. The Morgan fingerprint density at radius 3 is 2.90 bits per heavy atom. The van der Waals surface area contributed by atoms with Crippen molar-refractivity contribution in [2.45, 2.75) is 31.7 Å². The lowest BCUT2D eigenvalue weighted by atomic mass is 9.83. The molecule has 3 aliphatic rings. The maximum absolute atomic E-state index is 13.0. The maximum Gasteiger partial charge on any atom is 0.334 e. The smallest absolute Gasteiger partial charge is 0.334 e. The Labute approximate surface area is 166 Å². The van der Waals surface area contributed by atoms with Gasteiger partial charge in [-0.2, -0.15) is 0 Å². The number of ether oxygens (including phenoxy) is 1. The van der Waals surface area contributed by atoms with E-state index < -0.39 is 10.5 Å². The molecule has 1 saturated heterocycles. The van der Waals surface area contributed by atoms with Crippen molar-refractivity contribution >= 4 is 11.6 Å². The molecule has 8 nitrogen and oxygen atoms in total. The lowest BCUT2D eigenvalue weighted by molar-refractivity contribution is -0.386. The van der Waals surface area contributed by atoms with Crippen LogP contribution in [0.3, 0.4) is 0 Å². The molecule has 2 aromatic rings. The van der Waals surface area contributed by atoms with Crippen molar-refractivity contribution in [3.05, 3.63) is 67.6 Å². The molecule has 0 radical (unpaired) electrons. The molecule has 150 valence electrons. The van der Waals surface area contributed by atoms with Gasteiger partial charge < -0.3 is 14.2 Å². The highest BCUT2D eigenvalue weighted by atomic mass is 16.6. The van der Waals surface area contributed by atoms with Crippen LogP contribution in [0.2, 0.25) is 0 Å². The number of carbonyl (C=O) groups excluding carboxylic acids is 1. The van der Waals surface area contributed by atoms with Crippen molar-refractivity contribution in [3.63, 3.8) is 0 Å². The number of nitro groups is 1. The first-order valence-corrected chi connectivity index (χ1v) is 9.90. The van der Waals surface area contributed by atoms with Crippen LogP contribution in [-0.2, 0) is 24.2 Å². The largest absolute Gasteiger partial charge is 0.493 e. The van der Waals surface area contributed by atoms with E-state index in [0.29, 0.717) is 32.7 Å². The van der Waals surface area contributed by atoms with Crippen LogP contribution in [0.1, 0.15) is 29.2 Å². The minimum Gasteiger partial charge on any atom is -0.493 e. The second-order valence-corrected chi connectivity index (χ2v) is 8.13. The van der Waals surface area contributed by atoms with E-state index in [9.17, 15) is 19.7 Å². The van der Waals surface area contributed by atoms with Gasteiger partial charge in [0.15, 0.2) is 0 Å². The number of likely N-dealkylation sites (tertiary alicyclic amines) is 1. The van der Waals surface area contributed by atoms with Crippen LogP contribution < -0.4 is 10.3 Å². The van der Waals surface area contributed by atoms with Gasteiger partial charge in [-0.1, -0.05) is 12.1 Å². The first kappa shape index (κ1) is 17.9. The van der Waals surface area contributed by atoms with Gasteiger partial charge in [-0.15, -0.1) is 0 Å². The third-order valence-corrected chi connectivity index (χ3v) is 6.24.